The van der Waals surface area contributed by atoms with Gasteiger partial charge in [-0.15, -0.1) is 0 Å². The van der Waals surface area contributed by atoms with Gasteiger partial charge in [-0.05, 0) is 24.0 Å². The first-order chi connectivity index (χ1) is 8.90. The third-order valence-corrected chi connectivity index (χ3v) is 3.10. The fraction of sp³-hybridized carbons (Fsp3) is 0.462. The van der Waals surface area contributed by atoms with E-state index in [9.17, 15) is 13.6 Å². The van der Waals surface area contributed by atoms with Crippen molar-refractivity contribution in [3.63, 3.8) is 0 Å². The van der Waals surface area contributed by atoms with E-state index in [2.05, 4.69) is 0 Å². The van der Waals surface area contributed by atoms with Gasteiger partial charge >= 0.3 is 5.97 Å². The van der Waals surface area contributed by atoms with Crippen LogP contribution in [-0.4, -0.2) is 31.0 Å². The van der Waals surface area contributed by atoms with Gasteiger partial charge in [0.05, 0.1) is 12.9 Å². The number of esters is 1. The van der Waals surface area contributed by atoms with Crippen LogP contribution in [0.25, 0.3) is 0 Å². The van der Waals surface area contributed by atoms with E-state index < -0.39 is 23.7 Å². The minimum atomic E-state index is -3.13. The molecule has 0 N–H and O–H groups in total. The molecule has 0 aliphatic carbocycles. The Labute approximate surface area is 115 Å². The molecule has 0 heterocycles. The molecule has 1 aromatic carbocycles. The number of carbonyl (C=O) groups excluding carboxylic acids is 1. The number of benzene rings is 1. The summed E-state index contributed by atoms with van der Waals surface area (Å²) in [6, 6.07) is 6.06. The molecule has 0 bridgehead atoms. The van der Waals surface area contributed by atoms with Crippen molar-refractivity contribution in [3.8, 4) is 5.75 Å². The summed E-state index contributed by atoms with van der Waals surface area (Å²) in [6.07, 6.45) is -0.00408. The van der Waals surface area contributed by atoms with Crippen LogP contribution in [-0.2, 0) is 9.53 Å². The summed E-state index contributed by atoms with van der Waals surface area (Å²) in [4.78, 5) is 11.0. The number of hydrogen-bond donors (Lipinski definition) is 0. The molecule has 6 heteroatoms. The number of halogens is 2. The summed E-state index contributed by atoms with van der Waals surface area (Å²) in [5, 5.41) is 0. The zero-order valence-electron chi connectivity index (χ0n) is 11.0. The zero-order chi connectivity index (χ0) is 14.5. The second-order valence-electron chi connectivity index (χ2n) is 3.96. The molecule has 1 aromatic rings. The van der Waals surface area contributed by atoms with E-state index in [0.717, 1.165) is 18.7 Å². The lowest BCUT2D eigenvalue weighted by molar-refractivity contribution is -0.168. The lowest BCUT2D eigenvalue weighted by Crippen LogP contribution is -2.32. The Bertz CT molecular complexity index is 420. The Hall–Kier alpha value is -1.30. The van der Waals surface area contributed by atoms with Gasteiger partial charge in [-0.3, -0.25) is 4.79 Å². The Morgan fingerprint density at radius 1 is 1.37 bits per heavy atom. The van der Waals surface area contributed by atoms with Gasteiger partial charge in [-0.1, -0.05) is 12.1 Å². The Morgan fingerprint density at radius 3 is 2.37 bits per heavy atom. The number of thioether (sulfide) groups is 1. The van der Waals surface area contributed by atoms with Crippen molar-refractivity contribution < 1.29 is 23.0 Å². The van der Waals surface area contributed by atoms with Gasteiger partial charge in [0.25, 0.3) is 5.92 Å². The Balaban J connectivity index is 3.04. The van der Waals surface area contributed by atoms with E-state index in [0.29, 0.717) is 5.75 Å². The first-order valence-electron chi connectivity index (χ1n) is 5.58. The Kier molecular flexibility index (Phi) is 5.60. The van der Waals surface area contributed by atoms with Gasteiger partial charge in [0.15, 0.2) is 6.10 Å². The average molecular weight is 290 g/mol. The molecule has 1 atom stereocenters. The molecule has 0 aliphatic rings. The van der Waals surface area contributed by atoms with Crippen LogP contribution < -0.4 is 4.74 Å². The summed E-state index contributed by atoms with van der Waals surface area (Å²) in [5.41, 5.74) is 0.245. The van der Waals surface area contributed by atoms with Crippen LogP contribution in [0.15, 0.2) is 24.3 Å². The third-order valence-electron chi connectivity index (χ3n) is 2.42. The van der Waals surface area contributed by atoms with Crippen LogP contribution in [0, 0.1) is 0 Å². The van der Waals surface area contributed by atoms with Crippen molar-refractivity contribution in [1.82, 2.24) is 0 Å². The molecule has 106 valence electrons. The minimum absolute atomic E-state index is 0.245. The predicted molar refractivity (Wildman–Crippen MR) is 70.8 cm³/mol. The van der Waals surface area contributed by atoms with E-state index in [4.69, 9.17) is 9.47 Å². The number of hydrogen-bond acceptors (Lipinski definition) is 4. The number of carbonyl (C=O) groups is 1. The van der Waals surface area contributed by atoms with Gasteiger partial charge in [0.2, 0.25) is 0 Å². The van der Waals surface area contributed by atoms with E-state index >= 15 is 0 Å². The van der Waals surface area contributed by atoms with Crippen LogP contribution in [0.3, 0.4) is 0 Å². The summed E-state index contributed by atoms with van der Waals surface area (Å²) in [6.45, 7) is 1.12. The second-order valence-corrected chi connectivity index (χ2v) is 4.82. The molecule has 0 aromatic heterocycles. The van der Waals surface area contributed by atoms with E-state index in [1.54, 1.807) is 18.4 Å². The quantitative estimate of drug-likeness (QED) is 0.753. The summed E-state index contributed by atoms with van der Waals surface area (Å²) >= 11 is 1.00. The summed E-state index contributed by atoms with van der Waals surface area (Å²) in [5.74, 6) is -3.73. The van der Waals surface area contributed by atoms with Crippen molar-refractivity contribution in [2.75, 3.05) is 19.1 Å². The fourth-order valence-corrected chi connectivity index (χ4v) is 2.15. The molecule has 0 spiro atoms. The summed E-state index contributed by atoms with van der Waals surface area (Å²) < 4.78 is 37.7. The highest BCUT2D eigenvalue weighted by Gasteiger charge is 2.42. The topological polar surface area (TPSA) is 35.5 Å². The molecule has 0 saturated heterocycles. The third kappa shape index (κ3) is 4.38. The van der Waals surface area contributed by atoms with Crippen LogP contribution in [0.1, 0.15) is 18.6 Å². The molecule has 0 saturated carbocycles. The van der Waals surface area contributed by atoms with Crippen LogP contribution >= 0.6 is 11.8 Å². The molecule has 1 rings (SSSR count). The summed E-state index contributed by atoms with van der Waals surface area (Å²) in [7, 11) is 1.49. The second kappa shape index (κ2) is 6.75. The normalized spacial score (nSPS) is 12.9. The molecule has 3 nitrogen and oxygen atoms in total. The van der Waals surface area contributed by atoms with Crippen molar-refractivity contribution >= 4 is 17.7 Å². The maximum atomic E-state index is 14.0. The van der Waals surface area contributed by atoms with Gasteiger partial charge in [-0.25, -0.2) is 8.78 Å². The molecular weight excluding hydrogens is 274 g/mol. The van der Waals surface area contributed by atoms with Gasteiger partial charge in [0, 0.05) is 6.92 Å². The lowest BCUT2D eigenvalue weighted by Gasteiger charge is -2.26. The van der Waals surface area contributed by atoms with Crippen LogP contribution in [0.5, 0.6) is 5.75 Å². The fourth-order valence-electron chi connectivity index (χ4n) is 1.61. The van der Waals surface area contributed by atoms with Crippen molar-refractivity contribution in [2.24, 2.45) is 0 Å². The maximum Gasteiger partial charge on any atom is 0.303 e. The standard InChI is InChI=1S/C13H16F2O3S/c1-9(16)18-12(13(14,15)8-19-3)10-4-6-11(17-2)7-5-10/h4-7,12H,8H2,1-3H3. The number of rotatable bonds is 6. The van der Waals surface area contributed by atoms with E-state index in [-0.39, 0.29) is 5.56 Å². The molecule has 0 radical (unpaired) electrons. The monoisotopic (exact) mass is 290 g/mol. The maximum absolute atomic E-state index is 14.0. The molecular formula is C13H16F2O3S. The molecule has 0 fully saturated rings. The smallest absolute Gasteiger partial charge is 0.303 e. The Morgan fingerprint density at radius 2 is 1.95 bits per heavy atom. The molecule has 19 heavy (non-hydrogen) atoms. The zero-order valence-corrected chi connectivity index (χ0v) is 11.8. The molecule has 0 aliphatic heterocycles. The average Bonchev–Trinajstić information content (AvgIpc) is 2.36. The SMILES string of the molecule is COc1ccc(C(OC(C)=O)C(F)(F)CSC)cc1. The van der Waals surface area contributed by atoms with Crippen molar-refractivity contribution in [2.45, 2.75) is 19.0 Å². The number of ether oxygens (including phenoxy) is 2. The van der Waals surface area contributed by atoms with Crippen LogP contribution in [0.4, 0.5) is 8.78 Å². The van der Waals surface area contributed by atoms with Gasteiger partial charge in [0.1, 0.15) is 5.75 Å². The van der Waals surface area contributed by atoms with E-state index in [1.807, 2.05) is 0 Å². The minimum Gasteiger partial charge on any atom is -0.497 e. The van der Waals surface area contributed by atoms with Crippen LogP contribution in [0.2, 0.25) is 0 Å². The van der Waals surface area contributed by atoms with Gasteiger partial charge in [-0.2, -0.15) is 11.8 Å². The van der Waals surface area contributed by atoms with E-state index in [1.165, 1.54) is 19.2 Å². The first-order valence-corrected chi connectivity index (χ1v) is 6.98. The van der Waals surface area contributed by atoms with Crippen molar-refractivity contribution in [1.29, 1.82) is 0 Å². The van der Waals surface area contributed by atoms with Crippen molar-refractivity contribution in [3.05, 3.63) is 29.8 Å². The highest BCUT2D eigenvalue weighted by atomic mass is 32.2. The first kappa shape index (κ1) is 15.8. The number of alkyl halides is 2. The highest BCUT2D eigenvalue weighted by Crippen LogP contribution is 2.37. The highest BCUT2D eigenvalue weighted by molar-refractivity contribution is 7.98. The predicted octanol–water partition coefficient (Wildman–Crippen LogP) is 3.30. The number of methoxy groups -OCH3 is 1. The molecule has 0 amide bonds. The van der Waals surface area contributed by atoms with Gasteiger partial charge < -0.3 is 9.47 Å². The molecule has 1 unspecified atom stereocenters. The lowest BCUT2D eigenvalue weighted by atomic mass is 10.0. The largest absolute Gasteiger partial charge is 0.497 e.